The number of methoxy groups -OCH3 is 1. The molecule has 23 heavy (non-hydrogen) atoms. The number of carbonyl (C=O) groups excluding carboxylic acids is 1. The Morgan fingerprint density at radius 2 is 2.17 bits per heavy atom. The highest BCUT2D eigenvalue weighted by Gasteiger charge is 2.38. The van der Waals surface area contributed by atoms with Gasteiger partial charge in [0.1, 0.15) is 6.61 Å². The van der Waals surface area contributed by atoms with Gasteiger partial charge < -0.3 is 14.2 Å². The van der Waals surface area contributed by atoms with Crippen LogP contribution in [0.25, 0.3) is 10.7 Å². The Morgan fingerprint density at radius 1 is 1.43 bits per heavy atom. The Kier molecular flexibility index (Phi) is 5.37. The molecule has 0 saturated heterocycles. The highest BCUT2D eigenvalue weighted by atomic mass is 32.1. The van der Waals surface area contributed by atoms with Gasteiger partial charge in [0, 0.05) is 18.5 Å². The van der Waals surface area contributed by atoms with E-state index in [0.29, 0.717) is 18.0 Å². The van der Waals surface area contributed by atoms with Crippen LogP contribution in [0.5, 0.6) is 0 Å². The standard InChI is InChI=1S/C13H14F3N3O3S/c1-3-19(10(20)7-21-2)6-8-4-5-9(23-8)11-17-12(22-18-11)13(14,15)16/h4-5H,3,6-7H2,1-2H3. The molecule has 0 aliphatic carbocycles. The van der Waals surface area contributed by atoms with Gasteiger partial charge in [0.2, 0.25) is 11.7 Å². The number of likely N-dealkylation sites (N-methyl/N-ethyl adjacent to an activating group) is 1. The van der Waals surface area contributed by atoms with Crippen LogP contribution in [-0.2, 0) is 22.3 Å². The van der Waals surface area contributed by atoms with Crippen molar-refractivity contribution in [1.82, 2.24) is 15.0 Å². The van der Waals surface area contributed by atoms with Gasteiger partial charge in [-0.3, -0.25) is 4.79 Å². The van der Waals surface area contributed by atoms with Crippen LogP contribution in [0, 0.1) is 0 Å². The van der Waals surface area contributed by atoms with Crippen LogP contribution in [-0.4, -0.2) is 41.2 Å². The lowest BCUT2D eigenvalue weighted by molar-refractivity contribution is -0.159. The molecule has 0 atom stereocenters. The summed E-state index contributed by atoms with van der Waals surface area (Å²) in [5.41, 5.74) is 0. The van der Waals surface area contributed by atoms with Crippen LogP contribution in [0.15, 0.2) is 16.7 Å². The first-order valence-electron chi connectivity index (χ1n) is 6.61. The average molecular weight is 349 g/mol. The quantitative estimate of drug-likeness (QED) is 0.802. The molecule has 2 rings (SSSR count). The molecule has 0 fully saturated rings. The van der Waals surface area contributed by atoms with Crippen molar-refractivity contribution in [3.05, 3.63) is 22.9 Å². The van der Waals surface area contributed by atoms with Gasteiger partial charge in [0.15, 0.2) is 0 Å². The average Bonchev–Trinajstić information content (AvgIpc) is 3.13. The first-order valence-corrected chi connectivity index (χ1v) is 7.43. The fourth-order valence-corrected chi connectivity index (χ4v) is 2.75. The first kappa shape index (κ1) is 17.4. The largest absolute Gasteiger partial charge is 0.471 e. The van der Waals surface area contributed by atoms with Crippen LogP contribution in [0.3, 0.4) is 0 Å². The van der Waals surface area contributed by atoms with Crippen molar-refractivity contribution in [3.63, 3.8) is 0 Å². The van der Waals surface area contributed by atoms with Crippen molar-refractivity contribution in [2.45, 2.75) is 19.6 Å². The predicted molar refractivity (Wildman–Crippen MR) is 75.6 cm³/mol. The lowest BCUT2D eigenvalue weighted by atomic mass is 10.3. The molecule has 0 N–H and O–H groups in total. The summed E-state index contributed by atoms with van der Waals surface area (Å²) in [7, 11) is 1.43. The number of hydrogen-bond donors (Lipinski definition) is 0. The first-order chi connectivity index (χ1) is 10.8. The third-order valence-electron chi connectivity index (χ3n) is 2.90. The topological polar surface area (TPSA) is 68.5 Å². The number of aromatic nitrogens is 2. The van der Waals surface area contributed by atoms with E-state index in [4.69, 9.17) is 4.74 Å². The third-order valence-corrected chi connectivity index (χ3v) is 3.97. The summed E-state index contributed by atoms with van der Waals surface area (Å²) in [6, 6.07) is 3.31. The molecule has 10 heteroatoms. The Labute approximate surface area is 133 Å². The van der Waals surface area contributed by atoms with Crippen molar-refractivity contribution in [2.75, 3.05) is 20.3 Å². The Morgan fingerprint density at radius 3 is 2.74 bits per heavy atom. The number of nitrogens with zero attached hydrogens (tertiary/aromatic N) is 3. The highest BCUT2D eigenvalue weighted by molar-refractivity contribution is 7.15. The summed E-state index contributed by atoms with van der Waals surface area (Å²) in [4.78, 5) is 18.0. The van der Waals surface area contributed by atoms with Gasteiger partial charge in [-0.05, 0) is 19.1 Å². The molecular weight excluding hydrogens is 335 g/mol. The normalized spacial score (nSPS) is 11.7. The fourth-order valence-electron chi connectivity index (χ4n) is 1.80. The maximum atomic E-state index is 12.5. The molecule has 0 aliphatic rings. The molecule has 126 valence electrons. The lowest BCUT2D eigenvalue weighted by Gasteiger charge is -2.19. The summed E-state index contributed by atoms with van der Waals surface area (Å²) < 4.78 is 46.4. The van der Waals surface area contributed by atoms with Gasteiger partial charge >= 0.3 is 12.1 Å². The van der Waals surface area contributed by atoms with Crippen LogP contribution in [0.2, 0.25) is 0 Å². The zero-order valence-corrected chi connectivity index (χ0v) is 13.2. The van der Waals surface area contributed by atoms with Gasteiger partial charge in [-0.15, -0.1) is 11.3 Å². The highest BCUT2D eigenvalue weighted by Crippen LogP contribution is 2.32. The molecule has 2 aromatic rings. The van der Waals surface area contributed by atoms with Crippen LogP contribution in [0.1, 0.15) is 17.7 Å². The lowest BCUT2D eigenvalue weighted by Crippen LogP contribution is -2.32. The van der Waals surface area contributed by atoms with Crippen molar-refractivity contribution in [3.8, 4) is 10.7 Å². The van der Waals surface area contributed by atoms with Crippen molar-refractivity contribution in [1.29, 1.82) is 0 Å². The number of amides is 1. The third kappa shape index (κ3) is 4.29. The molecule has 0 bridgehead atoms. The molecule has 0 unspecified atom stereocenters. The molecule has 6 nitrogen and oxygen atoms in total. The van der Waals surface area contributed by atoms with Crippen molar-refractivity contribution in [2.24, 2.45) is 0 Å². The molecule has 0 radical (unpaired) electrons. The molecular formula is C13H14F3N3O3S. The van der Waals surface area contributed by atoms with E-state index in [2.05, 4.69) is 14.7 Å². The van der Waals surface area contributed by atoms with Gasteiger partial charge in [0.05, 0.1) is 11.4 Å². The zero-order chi connectivity index (χ0) is 17.0. The molecule has 2 heterocycles. The minimum absolute atomic E-state index is 0.0220. The molecule has 0 aliphatic heterocycles. The summed E-state index contributed by atoms with van der Waals surface area (Å²) in [5.74, 6) is -1.67. The number of rotatable bonds is 6. The van der Waals surface area contributed by atoms with E-state index in [1.165, 1.54) is 18.4 Å². The van der Waals surface area contributed by atoms with E-state index < -0.39 is 12.1 Å². The number of ether oxygens (including phenoxy) is 1. The molecule has 1 amide bonds. The summed E-state index contributed by atoms with van der Waals surface area (Å²) in [6.45, 7) is 2.64. The molecule has 0 spiro atoms. The van der Waals surface area contributed by atoms with E-state index in [9.17, 15) is 18.0 Å². The van der Waals surface area contributed by atoms with E-state index in [1.807, 2.05) is 6.92 Å². The second kappa shape index (κ2) is 7.09. The Balaban J connectivity index is 2.11. The zero-order valence-electron chi connectivity index (χ0n) is 12.4. The van der Waals surface area contributed by atoms with E-state index in [1.54, 1.807) is 17.0 Å². The molecule has 0 aromatic carbocycles. The smallest absolute Gasteiger partial charge is 0.375 e. The van der Waals surface area contributed by atoms with Crippen LogP contribution < -0.4 is 0 Å². The van der Waals surface area contributed by atoms with E-state index in [-0.39, 0.29) is 18.3 Å². The van der Waals surface area contributed by atoms with Gasteiger partial charge in [-0.25, -0.2) is 0 Å². The minimum atomic E-state index is -4.67. The van der Waals surface area contributed by atoms with Gasteiger partial charge in [0.25, 0.3) is 0 Å². The fraction of sp³-hybridized carbons (Fsp3) is 0.462. The number of alkyl halides is 3. The van der Waals surface area contributed by atoms with Crippen LogP contribution in [0.4, 0.5) is 13.2 Å². The monoisotopic (exact) mass is 349 g/mol. The predicted octanol–water partition coefficient (Wildman–Crippen LogP) is 2.81. The van der Waals surface area contributed by atoms with Gasteiger partial charge in [-0.2, -0.15) is 18.2 Å². The number of carbonyl (C=O) groups is 1. The van der Waals surface area contributed by atoms with Crippen molar-refractivity contribution < 1.29 is 27.2 Å². The number of hydrogen-bond acceptors (Lipinski definition) is 6. The minimum Gasteiger partial charge on any atom is -0.375 e. The van der Waals surface area contributed by atoms with Crippen molar-refractivity contribution >= 4 is 17.2 Å². The second-order valence-corrected chi connectivity index (χ2v) is 5.70. The second-order valence-electron chi connectivity index (χ2n) is 4.53. The number of halogens is 3. The summed E-state index contributed by atoms with van der Waals surface area (Å²) in [5, 5.41) is 3.33. The number of thiophene rings is 1. The molecule has 0 saturated carbocycles. The van der Waals surface area contributed by atoms with Crippen LogP contribution >= 0.6 is 11.3 Å². The maximum absolute atomic E-state index is 12.5. The van der Waals surface area contributed by atoms with E-state index >= 15 is 0 Å². The Hall–Kier alpha value is -1.94. The van der Waals surface area contributed by atoms with E-state index in [0.717, 1.165) is 4.88 Å². The maximum Gasteiger partial charge on any atom is 0.471 e. The van der Waals surface area contributed by atoms with Gasteiger partial charge in [-0.1, -0.05) is 5.16 Å². The summed E-state index contributed by atoms with van der Waals surface area (Å²) in [6.07, 6.45) is -4.67. The Bertz CT molecular complexity index is 669. The molecule has 2 aromatic heterocycles. The SMILES string of the molecule is CCN(Cc1ccc(-c2noc(C(F)(F)F)n2)s1)C(=O)COC. The summed E-state index contributed by atoms with van der Waals surface area (Å²) >= 11 is 1.20.